The zero-order valence-corrected chi connectivity index (χ0v) is 13.9. The number of carbonyl (C=O) groups excluding carboxylic acids is 1. The summed E-state index contributed by atoms with van der Waals surface area (Å²) in [5.74, 6) is 0.404. The largest absolute Gasteiger partial charge is 0.490 e. The molecule has 0 spiro atoms. The van der Waals surface area contributed by atoms with Gasteiger partial charge in [-0.3, -0.25) is 9.78 Å². The summed E-state index contributed by atoms with van der Waals surface area (Å²) in [7, 11) is 1.70. The van der Waals surface area contributed by atoms with E-state index in [9.17, 15) is 4.79 Å². The van der Waals surface area contributed by atoms with Crippen molar-refractivity contribution in [3.63, 3.8) is 0 Å². The molecular weight excluding hydrogens is 326 g/mol. The Balaban J connectivity index is 1.62. The zero-order valence-electron chi connectivity index (χ0n) is 13.1. The summed E-state index contributed by atoms with van der Waals surface area (Å²) >= 11 is 6.03. The highest BCUT2D eigenvalue weighted by Crippen LogP contribution is 2.22. The molecule has 0 aliphatic heterocycles. The Bertz CT molecular complexity index is 870. The standard InChI is InChI=1S/C18H16ClN3O2/c1-22(10-11-24-17-9-5-2-6-13(17)19)18(23)16-12-20-14-7-3-4-8-15(14)21-16/h2-9,12H,10-11H2,1H3. The van der Waals surface area contributed by atoms with E-state index in [1.807, 2.05) is 36.4 Å². The summed E-state index contributed by atoms with van der Waals surface area (Å²) in [5, 5.41) is 0.548. The summed E-state index contributed by atoms with van der Waals surface area (Å²) in [5.41, 5.74) is 1.77. The first-order chi connectivity index (χ1) is 11.6. The van der Waals surface area contributed by atoms with E-state index < -0.39 is 0 Å². The Kier molecular flexibility index (Phi) is 4.91. The molecule has 0 aliphatic carbocycles. The van der Waals surface area contributed by atoms with Crippen LogP contribution in [0, 0.1) is 0 Å². The van der Waals surface area contributed by atoms with E-state index in [1.165, 1.54) is 6.20 Å². The second kappa shape index (κ2) is 7.27. The second-order valence-electron chi connectivity index (χ2n) is 5.25. The molecule has 0 fully saturated rings. The van der Waals surface area contributed by atoms with Gasteiger partial charge in [0.05, 0.1) is 28.8 Å². The lowest BCUT2D eigenvalue weighted by Crippen LogP contribution is -2.31. The number of amides is 1. The Morgan fingerprint density at radius 1 is 1.12 bits per heavy atom. The Hall–Kier alpha value is -2.66. The minimum absolute atomic E-state index is 0.198. The van der Waals surface area contributed by atoms with E-state index in [4.69, 9.17) is 16.3 Å². The molecule has 3 rings (SSSR count). The van der Waals surface area contributed by atoms with Crippen LogP contribution in [0.15, 0.2) is 54.7 Å². The third kappa shape index (κ3) is 3.63. The fraction of sp³-hybridized carbons (Fsp3) is 0.167. The number of benzene rings is 2. The number of nitrogens with zero attached hydrogens (tertiary/aromatic N) is 3. The van der Waals surface area contributed by atoms with Crippen LogP contribution in [0.1, 0.15) is 10.5 Å². The van der Waals surface area contributed by atoms with Crippen LogP contribution in [0.3, 0.4) is 0 Å². The first kappa shape index (κ1) is 16.2. The lowest BCUT2D eigenvalue weighted by Gasteiger charge is -2.17. The van der Waals surface area contributed by atoms with Crippen molar-refractivity contribution < 1.29 is 9.53 Å². The predicted molar refractivity (Wildman–Crippen MR) is 93.4 cm³/mol. The van der Waals surface area contributed by atoms with Crippen LogP contribution in [-0.2, 0) is 0 Å². The van der Waals surface area contributed by atoms with Crippen LogP contribution in [0.5, 0.6) is 5.75 Å². The first-order valence-corrected chi connectivity index (χ1v) is 7.87. The van der Waals surface area contributed by atoms with Gasteiger partial charge in [-0.25, -0.2) is 4.98 Å². The molecule has 1 heterocycles. The second-order valence-corrected chi connectivity index (χ2v) is 5.66. The van der Waals surface area contributed by atoms with Crippen molar-refractivity contribution in [2.45, 2.75) is 0 Å². The minimum Gasteiger partial charge on any atom is -0.490 e. The molecule has 0 unspecified atom stereocenters. The zero-order chi connectivity index (χ0) is 16.9. The highest BCUT2D eigenvalue weighted by atomic mass is 35.5. The molecule has 0 N–H and O–H groups in total. The van der Waals surface area contributed by atoms with Crippen LogP contribution in [0.2, 0.25) is 5.02 Å². The number of halogens is 1. The van der Waals surface area contributed by atoms with Crippen LogP contribution in [-0.4, -0.2) is 41.0 Å². The summed E-state index contributed by atoms with van der Waals surface area (Å²) in [6.45, 7) is 0.756. The fourth-order valence-corrected chi connectivity index (χ4v) is 2.40. The number of hydrogen-bond acceptors (Lipinski definition) is 4. The van der Waals surface area contributed by atoms with E-state index in [2.05, 4.69) is 9.97 Å². The van der Waals surface area contributed by atoms with Crippen molar-refractivity contribution in [3.8, 4) is 5.75 Å². The molecule has 0 atom stereocenters. The smallest absolute Gasteiger partial charge is 0.273 e. The van der Waals surface area contributed by atoms with E-state index in [0.29, 0.717) is 35.1 Å². The lowest BCUT2D eigenvalue weighted by molar-refractivity contribution is 0.0768. The maximum Gasteiger partial charge on any atom is 0.273 e. The number of aromatic nitrogens is 2. The van der Waals surface area contributed by atoms with Gasteiger partial charge in [0.1, 0.15) is 18.1 Å². The van der Waals surface area contributed by atoms with E-state index in [-0.39, 0.29) is 5.91 Å². The number of likely N-dealkylation sites (N-methyl/N-ethyl adjacent to an activating group) is 1. The maximum atomic E-state index is 12.4. The van der Waals surface area contributed by atoms with Crippen molar-refractivity contribution in [3.05, 3.63) is 65.4 Å². The highest BCUT2D eigenvalue weighted by Gasteiger charge is 2.14. The molecule has 0 radical (unpaired) electrons. The van der Waals surface area contributed by atoms with Gasteiger partial charge in [-0.1, -0.05) is 35.9 Å². The SMILES string of the molecule is CN(CCOc1ccccc1Cl)C(=O)c1cnc2ccccc2n1. The van der Waals surface area contributed by atoms with Crippen molar-refractivity contribution in [2.75, 3.05) is 20.2 Å². The molecule has 1 aromatic heterocycles. The molecular formula is C18H16ClN3O2. The average molecular weight is 342 g/mol. The monoisotopic (exact) mass is 341 g/mol. The Morgan fingerprint density at radius 3 is 2.62 bits per heavy atom. The van der Waals surface area contributed by atoms with Crippen LogP contribution < -0.4 is 4.74 Å². The lowest BCUT2D eigenvalue weighted by atomic mass is 10.3. The molecule has 24 heavy (non-hydrogen) atoms. The van der Waals surface area contributed by atoms with Gasteiger partial charge in [0.25, 0.3) is 5.91 Å². The summed E-state index contributed by atoms with van der Waals surface area (Å²) in [6.07, 6.45) is 1.50. The molecule has 5 nitrogen and oxygen atoms in total. The molecule has 2 aromatic carbocycles. The van der Waals surface area contributed by atoms with Crippen molar-refractivity contribution in [1.29, 1.82) is 0 Å². The van der Waals surface area contributed by atoms with Gasteiger partial charge < -0.3 is 9.64 Å². The number of fused-ring (bicyclic) bond motifs is 1. The van der Waals surface area contributed by atoms with Crippen LogP contribution in [0.4, 0.5) is 0 Å². The quantitative estimate of drug-likeness (QED) is 0.713. The van der Waals surface area contributed by atoms with Gasteiger partial charge in [0.15, 0.2) is 0 Å². The van der Waals surface area contributed by atoms with Gasteiger partial charge in [-0.15, -0.1) is 0 Å². The average Bonchev–Trinajstić information content (AvgIpc) is 2.62. The van der Waals surface area contributed by atoms with Gasteiger partial charge in [0, 0.05) is 7.05 Å². The van der Waals surface area contributed by atoms with Crippen molar-refractivity contribution in [2.24, 2.45) is 0 Å². The molecule has 0 bridgehead atoms. The summed E-state index contributed by atoms with van der Waals surface area (Å²) in [4.78, 5) is 22.6. The molecule has 0 aliphatic rings. The normalized spacial score (nSPS) is 10.6. The minimum atomic E-state index is -0.198. The Labute approximate surface area is 144 Å². The Morgan fingerprint density at radius 2 is 1.83 bits per heavy atom. The molecule has 1 amide bonds. The first-order valence-electron chi connectivity index (χ1n) is 7.50. The van der Waals surface area contributed by atoms with Crippen LogP contribution >= 0.6 is 11.6 Å². The number of rotatable bonds is 5. The van der Waals surface area contributed by atoms with Gasteiger partial charge in [0.2, 0.25) is 0 Å². The third-order valence-electron chi connectivity index (χ3n) is 3.54. The molecule has 0 saturated carbocycles. The molecule has 0 saturated heterocycles. The fourth-order valence-electron chi connectivity index (χ4n) is 2.21. The number of ether oxygens (including phenoxy) is 1. The number of carbonyl (C=O) groups is 1. The summed E-state index contributed by atoms with van der Waals surface area (Å²) < 4.78 is 5.60. The molecule has 3 aromatic rings. The topological polar surface area (TPSA) is 55.3 Å². The van der Waals surface area contributed by atoms with Crippen molar-refractivity contribution >= 4 is 28.5 Å². The van der Waals surface area contributed by atoms with E-state index >= 15 is 0 Å². The molecule has 122 valence electrons. The highest BCUT2D eigenvalue weighted by molar-refractivity contribution is 6.32. The van der Waals surface area contributed by atoms with Gasteiger partial charge in [-0.05, 0) is 24.3 Å². The van der Waals surface area contributed by atoms with Gasteiger partial charge in [-0.2, -0.15) is 0 Å². The number of hydrogen-bond donors (Lipinski definition) is 0. The summed E-state index contributed by atoms with van der Waals surface area (Å²) in [6, 6.07) is 14.7. The number of para-hydroxylation sites is 3. The maximum absolute atomic E-state index is 12.4. The third-order valence-corrected chi connectivity index (χ3v) is 3.85. The molecule has 6 heteroatoms. The predicted octanol–water partition coefficient (Wildman–Crippen LogP) is 3.43. The van der Waals surface area contributed by atoms with E-state index in [0.717, 1.165) is 5.52 Å². The van der Waals surface area contributed by atoms with Crippen molar-refractivity contribution in [1.82, 2.24) is 14.9 Å². The van der Waals surface area contributed by atoms with E-state index in [1.54, 1.807) is 24.1 Å². The van der Waals surface area contributed by atoms with Gasteiger partial charge >= 0.3 is 0 Å². The van der Waals surface area contributed by atoms with Crippen LogP contribution in [0.25, 0.3) is 11.0 Å².